The molecule has 123 valence electrons. The highest BCUT2D eigenvalue weighted by Gasteiger charge is 2.29. The molecule has 1 rings (SSSR count). The fourth-order valence-corrected chi connectivity index (χ4v) is 2.07. The van der Waals surface area contributed by atoms with Crippen LogP contribution in [0.3, 0.4) is 0 Å². The van der Waals surface area contributed by atoms with Gasteiger partial charge in [-0.05, 0) is 19.8 Å². The number of likely N-dealkylation sites (tertiary alicyclic amines) is 1. The Balaban J connectivity index is 2.48. The maximum atomic E-state index is 11.9. The third-order valence-corrected chi connectivity index (χ3v) is 3.35. The minimum absolute atomic E-state index is 0.318. The van der Waals surface area contributed by atoms with Crippen LogP contribution in [0.2, 0.25) is 0 Å². The molecule has 1 heterocycles. The Kier molecular flexibility index (Phi) is 6.93. The molecular formula is C13H21N4O5. The highest BCUT2D eigenvalue weighted by molar-refractivity contribution is 5.92. The molecule has 22 heavy (non-hydrogen) atoms. The number of hydrogen-bond donors (Lipinski definition) is 4. The third kappa shape index (κ3) is 4.78. The number of nitrogens with two attached hydrogens (primary N) is 1. The summed E-state index contributed by atoms with van der Waals surface area (Å²) in [4.78, 5) is 47.2. The average molecular weight is 313 g/mol. The molecule has 0 aliphatic carbocycles. The molecule has 3 amide bonds. The van der Waals surface area contributed by atoms with E-state index in [9.17, 15) is 19.2 Å². The lowest BCUT2D eigenvalue weighted by molar-refractivity contribution is -0.134. The Morgan fingerprint density at radius 2 is 2.09 bits per heavy atom. The average Bonchev–Trinajstić information content (AvgIpc) is 2.97. The number of carbonyl (C=O) groups is 3. The van der Waals surface area contributed by atoms with Crippen molar-refractivity contribution in [2.45, 2.75) is 37.9 Å². The van der Waals surface area contributed by atoms with Crippen LogP contribution in [-0.2, 0) is 19.2 Å². The SMILES string of the molecule is C[C@H](N)C(=O)N[C@@H](CO)C(=O)NCC(=O)N1CCC[C@H]1[C]=O. The zero-order chi connectivity index (χ0) is 16.7. The molecule has 0 aromatic rings. The molecule has 3 atom stereocenters. The van der Waals surface area contributed by atoms with Crippen LogP contribution in [0, 0.1) is 0 Å². The fourth-order valence-electron chi connectivity index (χ4n) is 2.07. The zero-order valence-corrected chi connectivity index (χ0v) is 12.4. The molecule has 5 N–H and O–H groups in total. The normalized spacial score (nSPS) is 20.1. The number of hydrogen-bond acceptors (Lipinski definition) is 6. The molecule has 0 saturated carbocycles. The van der Waals surface area contributed by atoms with Crippen molar-refractivity contribution < 1.29 is 24.3 Å². The lowest BCUT2D eigenvalue weighted by Crippen LogP contribution is -2.54. The van der Waals surface area contributed by atoms with Gasteiger partial charge in [-0.2, -0.15) is 0 Å². The molecule has 1 aliphatic heterocycles. The maximum Gasteiger partial charge on any atom is 0.245 e. The van der Waals surface area contributed by atoms with E-state index in [0.29, 0.717) is 19.4 Å². The van der Waals surface area contributed by atoms with E-state index in [2.05, 4.69) is 10.6 Å². The first-order chi connectivity index (χ1) is 10.4. The van der Waals surface area contributed by atoms with E-state index in [4.69, 9.17) is 10.8 Å². The number of aliphatic hydroxyl groups excluding tert-OH is 1. The van der Waals surface area contributed by atoms with Gasteiger partial charge in [-0.15, -0.1) is 0 Å². The summed E-state index contributed by atoms with van der Waals surface area (Å²) in [6.45, 7) is 0.947. The Bertz CT molecular complexity index is 440. The van der Waals surface area contributed by atoms with Crippen LogP contribution in [0.25, 0.3) is 0 Å². The summed E-state index contributed by atoms with van der Waals surface area (Å²) in [7, 11) is 0. The minimum atomic E-state index is -1.18. The molecule has 1 aliphatic rings. The van der Waals surface area contributed by atoms with Crippen LogP contribution >= 0.6 is 0 Å². The first kappa shape index (κ1) is 18.1. The highest BCUT2D eigenvalue weighted by atomic mass is 16.3. The summed E-state index contributed by atoms with van der Waals surface area (Å²) in [6, 6.07) is -2.58. The van der Waals surface area contributed by atoms with Crippen molar-refractivity contribution in [2.24, 2.45) is 5.73 Å². The first-order valence-electron chi connectivity index (χ1n) is 7.02. The van der Waals surface area contributed by atoms with Crippen LogP contribution in [0.5, 0.6) is 0 Å². The molecule has 0 spiro atoms. The fraction of sp³-hybridized carbons (Fsp3) is 0.692. The third-order valence-electron chi connectivity index (χ3n) is 3.35. The van der Waals surface area contributed by atoms with E-state index in [1.165, 1.54) is 11.8 Å². The van der Waals surface area contributed by atoms with Crippen LogP contribution in [0.4, 0.5) is 0 Å². The number of nitrogens with zero attached hydrogens (tertiary/aromatic N) is 1. The summed E-state index contributed by atoms with van der Waals surface area (Å²) in [5.41, 5.74) is 5.35. The minimum Gasteiger partial charge on any atom is -0.394 e. The number of amides is 3. The molecule has 1 radical (unpaired) electrons. The zero-order valence-electron chi connectivity index (χ0n) is 12.4. The number of aliphatic hydroxyl groups is 1. The van der Waals surface area contributed by atoms with Gasteiger partial charge in [-0.1, -0.05) is 0 Å². The largest absolute Gasteiger partial charge is 0.394 e. The molecule has 9 nitrogen and oxygen atoms in total. The summed E-state index contributed by atoms with van der Waals surface area (Å²) >= 11 is 0. The Labute approximate surface area is 128 Å². The molecule has 1 fully saturated rings. The number of carbonyl (C=O) groups excluding carboxylic acids is 4. The van der Waals surface area contributed by atoms with Crippen molar-refractivity contribution in [1.29, 1.82) is 0 Å². The van der Waals surface area contributed by atoms with Gasteiger partial charge in [-0.3, -0.25) is 19.2 Å². The van der Waals surface area contributed by atoms with Gasteiger partial charge in [0.15, 0.2) is 0 Å². The quantitative estimate of drug-likeness (QED) is 0.395. The van der Waals surface area contributed by atoms with Crippen molar-refractivity contribution in [3.63, 3.8) is 0 Å². The second kappa shape index (κ2) is 8.44. The van der Waals surface area contributed by atoms with Gasteiger partial charge in [0.2, 0.25) is 24.0 Å². The van der Waals surface area contributed by atoms with Crippen molar-refractivity contribution in [3.8, 4) is 0 Å². The standard InChI is InChI=1S/C13H21N4O5/c1-8(14)12(21)16-10(7-19)13(22)15-5-11(20)17-4-2-3-9(17)6-18/h8-10,19H,2-5,7,14H2,1H3,(H,15,22)(H,16,21)/t8-,9-,10-/m0/s1. The monoisotopic (exact) mass is 313 g/mol. The van der Waals surface area contributed by atoms with E-state index in [0.717, 1.165) is 0 Å². The predicted molar refractivity (Wildman–Crippen MR) is 76.1 cm³/mol. The van der Waals surface area contributed by atoms with E-state index in [1.54, 1.807) is 6.29 Å². The summed E-state index contributed by atoms with van der Waals surface area (Å²) < 4.78 is 0. The van der Waals surface area contributed by atoms with Gasteiger partial charge in [0.1, 0.15) is 6.04 Å². The Morgan fingerprint density at radius 3 is 2.64 bits per heavy atom. The summed E-state index contributed by atoms with van der Waals surface area (Å²) in [5, 5.41) is 13.7. The second-order valence-electron chi connectivity index (χ2n) is 5.11. The van der Waals surface area contributed by atoms with E-state index in [-0.39, 0.29) is 6.54 Å². The predicted octanol–water partition coefficient (Wildman–Crippen LogP) is -2.97. The first-order valence-corrected chi connectivity index (χ1v) is 7.02. The van der Waals surface area contributed by atoms with Crippen molar-refractivity contribution in [1.82, 2.24) is 15.5 Å². The number of nitrogens with one attached hydrogen (secondary N) is 2. The molecule has 0 bridgehead atoms. The number of rotatable bonds is 7. The van der Waals surface area contributed by atoms with Gasteiger partial charge < -0.3 is 26.4 Å². The highest BCUT2D eigenvalue weighted by Crippen LogP contribution is 2.14. The van der Waals surface area contributed by atoms with Crippen LogP contribution in [0.15, 0.2) is 0 Å². The smallest absolute Gasteiger partial charge is 0.245 e. The summed E-state index contributed by atoms with van der Waals surface area (Å²) in [6.07, 6.45) is 3.06. The van der Waals surface area contributed by atoms with E-state index in [1.807, 2.05) is 0 Å². The lowest BCUT2D eigenvalue weighted by atomic mass is 10.2. The van der Waals surface area contributed by atoms with Crippen molar-refractivity contribution >= 4 is 24.0 Å². The van der Waals surface area contributed by atoms with E-state index < -0.39 is 42.5 Å². The topological polar surface area (TPSA) is 142 Å². The maximum absolute atomic E-state index is 11.9. The second-order valence-corrected chi connectivity index (χ2v) is 5.11. The van der Waals surface area contributed by atoms with Gasteiger partial charge in [0.05, 0.1) is 25.2 Å². The molecule has 0 aromatic carbocycles. The van der Waals surface area contributed by atoms with Gasteiger partial charge in [0.25, 0.3) is 0 Å². The van der Waals surface area contributed by atoms with Gasteiger partial charge in [0, 0.05) is 6.54 Å². The summed E-state index contributed by atoms with van der Waals surface area (Å²) in [5.74, 6) is -1.69. The van der Waals surface area contributed by atoms with Crippen molar-refractivity contribution in [3.05, 3.63) is 0 Å². The van der Waals surface area contributed by atoms with Crippen LogP contribution in [0.1, 0.15) is 19.8 Å². The molecule has 1 saturated heterocycles. The van der Waals surface area contributed by atoms with E-state index >= 15 is 0 Å². The Hall–Kier alpha value is -2.00. The van der Waals surface area contributed by atoms with Gasteiger partial charge >= 0.3 is 0 Å². The van der Waals surface area contributed by atoms with Crippen LogP contribution < -0.4 is 16.4 Å². The Morgan fingerprint density at radius 1 is 1.41 bits per heavy atom. The van der Waals surface area contributed by atoms with Crippen molar-refractivity contribution in [2.75, 3.05) is 19.7 Å². The lowest BCUT2D eigenvalue weighted by Gasteiger charge is -2.21. The molecule has 0 unspecified atom stereocenters. The molecule has 9 heteroatoms. The van der Waals surface area contributed by atoms with Gasteiger partial charge in [-0.25, -0.2) is 0 Å². The molecule has 0 aromatic heterocycles. The molecular weight excluding hydrogens is 292 g/mol. The van der Waals surface area contributed by atoms with Crippen LogP contribution in [-0.4, -0.2) is 71.8 Å².